The topological polar surface area (TPSA) is 45.2 Å². The van der Waals surface area contributed by atoms with Gasteiger partial charge in [-0.25, -0.2) is 4.98 Å². The molecule has 1 fully saturated rings. The van der Waals surface area contributed by atoms with Crippen LogP contribution in [-0.4, -0.2) is 34.4 Å². The smallest absolute Gasteiger partial charge is 0.263 e. The predicted molar refractivity (Wildman–Crippen MR) is 83.2 cm³/mol. The average molecular weight is 295 g/mol. The molecular formula is C15H25N3OS. The monoisotopic (exact) mass is 295 g/mol. The zero-order chi connectivity index (χ0) is 14.8. The minimum atomic E-state index is -0.208. The maximum absolute atomic E-state index is 12.2. The van der Waals surface area contributed by atoms with Crippen LogP contribution in [0.15, 0.2) is 0 Å². The molecule has 1 aliphatic heterocycles. The fourth-order valence-electron chi connectivity index (χ4n) is 2.44. The van der Waals surface area contributed by atoms with E-state index in [1.807, 2.05) is 27.7 Å². The molecule has 1 N–H and O–H groups in total. The van der Waals surface area contributed by atoms with Crippen LogP contribution in [0, 0.1) is 6.92 Å². The number of hydrogen-bond acceptors (Lipinski definition) is 4. The largest absolute Gasteiger partial charge is 0.347 e. The second kappa shape index (κ2) is 6.22. The molecule has 4 nitrogen and oxygen atoms in total. The maximum atomic E-state index is 12.2. The Morgan fingerprint density at radius 1 is 1.30 bits per heavy atom. The lowest BCUT2D eigenvalue weighted by atomic mass is 10.1. The SMILES string of the molecule is Cc1nc(CN2CCCCC2)sc1C(=O)NC(C)(C)C. The van der Waals surface area contributed by atoms with Crippen molar-refractivity contribution in [1.82, 2.24) is 15.2 Å². The molecule has 0 atom stereocenters. The van der Waals surface area contributed by atoms with E-state index in [9.17, 15) is 4.79 Å². The standard InChI is InChI=1S/C15H25N3OS/c1-11-13(14(19)17-15(2,3)4)20-12(16-11)10-18-8-6-5-7-9-18/h5-10H2,1-4H3,(H,17,19). The number of hydrogen-bond donors (Lipinski definition) is 1. The van der Waals surface area contributed by atoms with Crippen molar-refractivity contribution < 1.29 is 4.79 Å². The molecule has 0 bridgehead atoms. The summed E-state index contributed by atoms with van der Waals surface area (Å²) in [5.41, 5.74) is 0.643. The van der Waals surface area contributed by atoms with Gasteiger partial charge in [-0.2, -0.15) is 0 Å². The number of amides is 1. The fraction of sp³-hybridized carbons (Fsp3) is 0.733. The molecule has 1 amide bonds. The number of thiazole rings is 1. The van der Waals surface area contributed by atoms with Crippen LogP contribution in [0.1, 0.15) is 60.4 Å². The first-order chi connectivity index (χ1) is 9.35. The highest BCUT2D eigenvalue weighted by Gasteiger charge is 2.21. The van der Waals surface area contributed by atoms with E-state index in [1.165, 1.54) is 30.6 Å². The number of nitrogens with one attached hydrogen (secondary N) is 1. The Morgan fingerprint density at radius 3 is 2.55 bits per heavy atom. The summed E-state index contributed by atoms with van der Waals surface area (Å²) in [5, 5.41) is 4.07. The summed E-state index contributed by atoms with van der Waals surface area (Å²) in [4.78, 5) is 20.0. The van der Waals surface area contributed by atoms with Gasteiger partial charge in [0, 0.05) is 5.54 Å². The summed E-state index contributed by atoms with van der Waals surface area (Å²) >= 11 is 1.54. The highest BCUT2D eigenvalue weighted by atomic mass is 32.1. The first kappa shape index (κ1) is 15.4. The van der Waals surface area contributed by atoms with Gasteiger partial charge in [0.1, 0.15) is 9.88 Å². The van der Waals surface area contributed by atoms with Crippen LogP contribution >= 0.6 is 11.3 Å². The zero-order valence-electron chi connectivity index (χ0n) is 13.0. The molecule has 0 aromatic carbocycles. The molecule has 0 saturated carbocycles. The number of rotatable bonds is 3. The van der Waals surface area contributed by atoms with E-state index in [-0.39, 0.29) is 11.4 Å². The molecule has 1 aromatic rings. The van der Waals surface area contributed by atoms with Gasteiger partial charge in [0.05, 0.1) is 12.2 Å². The number of carbonyl (C=O) groups excluding carboxylic acids is 1. The molecule has 20 heavy (non-hydrogen) atoms. The Balaban J connectivity index is 2.03. The van der Waals surface area contributed by atoms with Crippen molar-refractivity contribution >= 4 is 17.2 Å². The Bertz CT molecular complexity index is 470. The third kappa shape index (κ3) is 4.28. The van der Waals surface area contributed by atoms with Crippen molar-refractivity contribution in [2.24, 2.45) is 0 Å². The van der Waals surface area contributed by atoms with Gasteiger partial charge in [-0.3, -0.25) is 9.69 Å². The predicted octanol–water partition coefficient (Wildman–Crippen LogP) is 2.97. The van der Waals surface area contributed by atoms with Crippen molar-refractivity contribution in [3.8, 4) is 0 Å². The van der Waals surface area contributed by atoms with Crippen molar-refractivity contribution in [3.05, 3.63) is 15.6 Å². The van der Waals surface area contributed by atoms with Gasteiger partial charge in [-0.1, -0.05) is 6.42 Å². The van der Waals surface area contributed by atoms with Gasteiger partial charge in [0.2, 0.25) is 0 Å². The zero-order valence-corrected chi connectivity index (χ0v) is 13.8. The van der Waals surface area contributed by atoms with Gasteiger partial charge in [0.25, 0.3) is 5.91 Å². The van der Waals surface area contributed by atoms with Crippen molar-refractivity contribution in [1.29, 1.82) is 0 Å². The first-order valence-corrected chi connectivity index (χ1v) is 8.18. The molecule has 2 rings (SSSR count). The van der Waals surface area contributed by atoms with E-state index in [1.54, 1.807) is 0 Å². The molecular weight excluding hydrogens is 270 g/mol. The van der Waals surface area contributed by atoms with E-state index < -0.39 is 0 Å². The summed E-state index contributed by atoms with van der Waals surface area (Å²) in [6.07, 6.45) is 3.90. The normalized spacial score (nSPS) is 17.2. The quantitative estimate of drug-likeness (QED) is 0.932. The summed E-state index contributed by atoms with van der Waals surface area (Å²) in [5.74, 6) is -0.00241. The molecule has 1 aromatic heterocycles. The van der Waals surface area contributed by atoms with Crippen molar-refractivity contribution in [3.63, 3.8) is 0 Å². The molecule has 5 heteroatoms. The Labute approximate surface area is 125 Å². The Hall–Kier alpha value is -0.940. The number of piperidine rings is 1. The van der Waals surface area contributed by atoms with E-state index in [0.29, 0.717) is 0 Å². The maximum Gasteiger partial charge on any atom is 0.263 e. The van der Waals surface area contributed by atoms with E-state index in [2.05, 4.69) is 15.2 Å². The molecule has 0 aliphatic carbocycles. The van der Waals surface area contributed by atoms with Gasteiger partial charge >= 0.3 is 0 Å². The Morgan fingerprint density at radius 2 is 1.95 bits per heavy atom. The molecule has 2 heterocycles. The highest BCUT2D eigenvalue weighted by molar-refractivity contribution is 7.13. The number of aromatic nitrogens is 1. The van der Waals surface area contributed by atoms with E-state index in [4.69, 9.17) is 0 Å². The highest BCUT2D eigenvalue weighted by Crippen LogP contribution is 2.21. The average Bonchev–Trinajstić information content (AvgIpc) is 2.69. The second-order valence-electron chi connectivity index (χ2n) is 6.56. The van der Waals surface area contributed by atoms with Gasteiger partial charge in [0.15, 0.2) is 0 Å². The van der Waals surface area contributed by atoms with Crippen LogP contribution in [0.3, 0.4) is 0 Å². The Kier molecular flexibility index (Phi) is 4.81. The molecule has 1 aliphatic rings. The lowest BCUT2D eigenvalue weighted by molar-refractivity contribution is 0.0923. The third-order valence-corrected chi connectivity index (χ3v) is 4.48. The number of likely N-dealkylation sites (tertiary alicyclic amines) is 1. The van der Waals surface area contributed by atoms with Gasteiger partial charge in [-0.05, 0) is 53.6 Å². The van der Waals surface area contributed by atoms with Gasteiger partial charge in [-0.15, -0.1) is 11.3 Å². The first-order valence-electron chi connectivity index (χ1n) is 7.36. The van der Waals surface area contributed by atoms with Crippen molar-refractivity contribution in [2.45, 2.75) is 59.0 Å². The molecule has 0 unspecified atom stereocenters. The summed E-state index contributed by atoms with van der Waals surface area (Å²) in [7, 11) is 0. The number of nitrogens with zero attached hydrogens (tertiary/aromatic N) is 2. The van der Waals surface area contributed by atoms with Crippen LogP contribution in [0.25, 0.3) is 0 Å². The second-order valence-corrected chi connectivity index (χ2v) is 7.65. The molecule has 0 radical (unpaired) electrons. The van der Waals surface area contributed by atoms with Crippen LogP contribution in [0.2, 0.25) is 0 Å². The lowest BCUT2D eigenvalue weighted by Gasteiger charge is -2.25. The van der Waals surface area contributed by atoms with Crippen LogP contribution in [-0.2, 0) is 6.54 Å². The molecule has 1 saturated heterocycles. The van der Waals surface area contributed by atoms with E-state index in [0.717, 1.165) is 35.2 Å². The van der Waals surface area contributed by atoms with Crippen molar-refractivity contribution in [2.75, 3.05) is 13.1 Å². The summed E-state index contributed by atoms with van der Waals surface area (Å²) in [6, 6.07) is 0. The summed E-state index contributed by atoms with van der Waals surface area (Å²) in [6.45, 7) is 11.1. The van der Waals surface area contributed by atoms with Gasteiger partial charge < -0.3 is 5.32 Å². The number of aryl methyl sites for hydroxylation is 1. The minimum Gasteiger partial charge on any atom is -0.347 e. The molecule has 112 valence electrons. The fourth-order valence-corrected chi connectivity index (χ4v) is 3.44. The lowest BCUT2D eigenvalue weighted by Crippen LogP contribution is -2.40. The van der Waals surface area contributed by atoms with E-state index >= 15 is 0 Å². The van der Waals surface area contributed by atoms with Crippen LogP contribution in [0.5, 0.6) is 0 Å². The minimum absolute atomic E-state index is 0.00241. The number of carbonyl (C=O) groups is 1. The third-order valence-electron chi connectivity index (χ3n) is 3.34. The van der Waals surface area contributed by atoms with Crippen LogP contribution in [0.4, 0.5) is 0 Å². The molecule has 0 spiro atoms. The van der Waals surface area contributed by atoms with Crippen LogP contribution < -0.4 is 5.32 Å². The summed E-state index contributed by atoms with van der Waals surface area (Å²) < 4.78 is 0.